The summed E-state index contributed by atoms with van der Waals surface area (Å²) in [4.78, 5) is 16.5. The number of aromatic amines is 1. The van der Waals surface area contributed by atoms with Crippen molar-refractivity contribution in [2.45, 2.75) is 19.6 Å². The number of carbonyl (C=O) groups is 1. The molecule has 2 N–H and O–H groups in total. The fraction of sp³-hybridized carbons (Fsp3) is 0.143. The van der Waals surface area contributed by atoms with Gasteiger partial charge in [-0.05, 0) is 47.6 Å². The van der Waals surface area contributed by atoms with Gasteiger partial charge in [0.1, 0.15) is 6.54 Å². The summed E-state index contributed by atoms with van der Waals surface area (Å²) in [5.41, 5.74) is 3.01. The number of halogens is 1. The highest BCUT2D eigenvalue weighted by Gasteiger charge is 2.12. The second-order valence-electron chi connectivity index (χ2n) is 6.77. The largest absolute Gasteiger partial charge is 0.350 e. The average Bonchev–Trinajstić information content (AvgIpc) is 3.39. The monoisotopic (exact) mass is 438 g/mol. The maximum absolute atomic E-state index is 12.5. The number of nitrogens with zero attached hydrogens (tertiary/aromatic N) is 4. The van der Waals surface area contributed by atoms with Crippen molar-refractivity contribution < 1.29 is 4.79 Å². The van der Waals surface area contributed by atoms with Crippen molar-refractivity contribution in [1.82, 2.24) is 29.6 Å². The van der Waals surface area contributed by atoms with E-state index in [4.69, 9.17) is 23.8 Å². The van der Waals surface area contributed by atoms with Crippen LogP contribution in [0.25, 0.3) is 11.4 Å². The predicted molar refractivity (Wildman–Crippen MR) is 117 cm³/mol. The average molecular weight is 439 g/mol. The van der Waals surface area contributed by atoms with Crippen LogP contribution in [0.3, 0.4) is 0 Å². The van der Waals surface area contributed by atoms with Crippen LogP contribution in [-0.4, -0.2) is 30.2 Å². The first-order valence-electron chi connectivity index (χ1n) is 9.30. The van der Waals surface area contributed by atoms with Crippen LogP contribution in [0.2, 0.25) is 5.02 Å². The third-order valence-corrected chi connectivity index (χ3v) is 5.16. The lowest BCUT2D eigenvalue weighted by molar-refractivity contribution is -0.121. The molecule has 0 fully saturated rings. The van der Waals surface area contributed by atoms with E-state index in [1.54, 1.807) is 29.2 Å². The molecular weight excluding hydrogens is 420 g/mol. The lowest BCUT2D eigenvalue weighted by atomic mass is 10.1. The maximum Gasteiger partial charge on any atom is 0.240 e. The number of benzene rings is 2. The Bertz CT molecular complexity index is 1180. The first kappa shape index (κ1) is 20.1. The van der Waals surface area contributed by atoms with Crippen LogP contribution in [0.15, 0.2) is 67.3 Å². The first-order chi connectivity index (χ1) is 14.6. The Kier molecular flexibility index (Phi) is 6.06. The molecule has 2 heterocycles. The van der Waals surface area contributed by atoms with Gasteiger partial charge < -0.3 is 9.88 Å². The lowest BCUT2D eigenvalue weighted by Gasteiger charge is -2.09. The summed E-state index contributed by atoms with van der Waals surface area (Å²) in [6, 6.07) is 15.3. The summed E-state index contributed by atoms with van der Waals surface area (Å²) in [6.45, 7) is 1.27. The van der Waals surface area contributed by atoms with Crippen LogP contribution >= 0.6 is 23.8 Å². The minimum atomic E-state index is -0.148. The van der Waals surface area contributed by atoms with E-state index in [2.05, 4.69) is 20.5 Å². The van der Waals surface area contributed by atoms with Gasteiger partial charge in [-0.3, -0.25) is 14.5 Å². The molecule has 4 aromatic rings. The molecule has 0 spiro atoms. The Balaban J connectivity index is 1.37. The van der Waals surface area contributed by atoms with Crippen molar-refractivity contribution in [3.8, 4) is 11.4 Å². The van der Waals surface area contributed by atoms with Gasteiger partial charge in [-0.25, -0.2) is 4.98 Å². The van der Waals surface area contributed by atoms with Crippen LogP contribution in [-0.2, 0) is 24.4 Å². The minimum Gasteiger partial charge on any atom is -0.350 e. The zero-order valence-electron chi connectivity index (χ0n) is 16.0. The van der Waals surface area contributed by atoms with Crippen LogP contribution in [0.4, 0.5) is 0 Å². The van der Waals surface area contributed by atoms with Gasteiger partial charge >= 0.3 is 0 Å². The van der Waals surface area contributed by atoms with Crippen LogP contribution < -0.4 is 5.32 Å². The Morgan fingerprint density at radius 1 is 1.10 bits per heavy atom. The van der Waals surface area contributed by atoms with E-state index in [0.717, 1.165) is 17.7 Å². The molecule has 30 heavy (non-hydrogen) atoms. The number of hydrogen-bond acceptors (Lipinski definition) is 4. The van der Waals surface area contributed by atoms with Crippen molar-refractivity contribution in [2.24, 2.45) is 0 Å². The number of aromatic nitrogens is 5. The normalized spacial score (nSPS) is 10.8. The lowest BCUT2D eigenvalue weighted by Crippen LogP contribution is -2.27. The van der Waals surface area contributed by atoms with Gasteiger partial charge in [-0.1, -0.05) is 35.9 Å². The summed E-state index contributed by atoms with van der Waals surface area (Å²) < 4.78 is 4.06. The smallest absolute Gasteiger partial charge is 0.240 e. The van der Waals surface area contributed by atoms with Gasteiger partial charge in [-0.2, -0.15) is 5.10 Å². The SMILES string of the molecule is O=C(Cn1c(-c2ccc(Cl)cc2)n[nH]c1=S)NCc1ccc(Cn2ccnc2)cc1. The highest BCUT2D eigenvalue weighted by Crippen LogP contribution is 2.19. The Morgan fingerprint density at radius 2 is 1.83 bits per heavy atom. The van der Waals surface area contributed by atoms with Gasteiger partial charge in [0, 0.05) is 36.1 Å². The van der Waals surface area contributed by atoms with Crippen LogP contribution in [0.5, 0.6) is 0 Å². The highest BCUT2D eigenvalue weighted by molar-refractivity contribution is 7.71. The molecule has 1 amide bonds. The summed E-state index contributed by atoms with van der Waals surface area (Å²) in [7, 11) is 0. The van der Waals surface area contributed by atoms with Crippen molar-refractivity contribution in [1.29, 1.82) is 0 Å². The third kappa shape index (κ3) is 4.84. The number of nitrogens with one attached hydrogen (secondary N) is 2. The summed E-state index contributed by atoms with van der Waals surface area (Å²) >= 11 is 11.2. The number of rotatable bonds is 7. The van der Waals surface area contributed by atoms with Gasteiger partial charge in [-0.15, -0.1) is 0 Å². The first-order valence-corrected chi connectivity index (χ1v) is 10.1. The second-order valence-corrected chi connectivity index (χ2v) is 7.60. The third-order valence-electron chi connectivity index (χ3n) is 4.60. The number of hydrogen-bond donors (Lipinski definition) is 2. The van der Waals surface area contributed by atoms with Crippen LogP contribution in [0, 0.1) is 4.77 Å². The molecule has 9 heteroatoms. The van der Waals surface area contributed by atoms with Crippen molar-refractivity contribution in [3.05, 3.63) is 88.2 Å². The molecule has 0 aliphatic rings. The Labute approximate surface area is 183 Å². The molecule has 0 aliphatic carbocycles. The molecular formula is C21H19ClN6OS. The van der Waals surface area contributed by atoms with Gasteiger partial charge in [0.05, 0.1) is 6.33 Å². The molecule has 7 nitrogen and oxygen atoms in total. The molecule has 0 unspecified atom stereocenters. The number of amides is 1. The topological polar surface area (TPSA) is 80.5 Å². The summed E-state index contributed by atoms with van der Waals surface area (Å²) in [5.74, 6) is 0.445. The number of H-pyrrole nitrogens is 1. The van der Waals surface area contributed by atoms with E-state index in [0.29, 0.717) is 22.2 Å². The fourth-order valence-electron chi connectivity index (χ4n) is 3.04. The highest BCUT2D eigenvalue weighted by atomic mass is 35.5. The molecule has 152 valence electrons. The molecule has 0 radical (unpaired) electrons. The maximum atomic E-state index is 12.5. The molecule has 0 bridgehead atoms. The standard InChI is InChI=1S/C21H19ClN6OS/c22-18-7-5-17(6-8-18)20-25-26-21(30)28(20)13-19(29)24-11-15-1-3-16(4-2-15)12-27-10-9-23-14-27/h1-10,14H,11-13H2,(H,24,29)(H,26,30). The molecule has 4 rings (SSSR count). The molecule has 0 aliphatic heterocycles. The number of carbonyl (C=O) groups excluding carboxylic acids is 1. The molecule has 0 atom stereocenters. The van der Waals surface area contributed by atoms with E-state index >= 15 is 0 Å². The van der Waals surface area contributed by atoms with Gasteiger partial charge in [0.2, 0.25) is 5.91 Å². The van der Waals surface area contributed by atoms with Crippen molar-refractivity contribution in [3.63, 3.8) is 0 Å². The molecule has 2 aromatic carbocycles. The van der Waals surface area contributed by atoms with E-state index in [9.17, 15) is 4.79 Å². The molecule has 0 saturated carbocycles. The fourth-order valence-corrected chi connectivity index (χ4v) is 3.36. The van der Waals surface area contributed by atoms with Gasteiger partial charge in [0.25, 0.3) is 0 Å². The Morgan fingerprint density at radius 3 is 2.53 bits per heavy atom. The zero-order chi connectivity index (χ0) is 20.9. The van der Waals surface area contributed by atoms with E-state index in [1.165, 1.54) is 5.56 Å². The molecule has 2 aromatic heterocycles. The van der Waals surface area contributed by atoms with E-state index in [1.807, 2.05) is 47.2 Å². The number of imidazole rings is 1. The second kappa shape index (κ2) is 9.06. The van der Waals surface area contributed by atoms with E-state index < -0.39 is 0 Å². The summed E-state index contributed by atoms with van der Waals surface area (Å²) in [6.07, 6.45) is 5.47. The van der Waals surface area contributed by atoms with Crippen LogP contribution in [0.1, 0.15) is 11.1 Å². The van der Waals surface area contributed by atoms with E-state index in [-0.39, 0.29) is 12.5 Å². The molecule has 0 saturated heterocycles. The quantitative estimate of drug-likeness (QED) is 0.430. The van der Waals surface area contributed by atoms with Gasteiger partial charge in [0.15, 0.2) is 10.6 Å². The minimum absolute atomic E-state index is 0.0754. The zero-order valence-corrected chi connectivity index (χ0v) is 17.5. The summed E-state index contributed by atoms with van der Waals surface area (Å²) in [5, 5.41) is 10.6. The Hall–Kier alpha value is -3.23. The van der Waals surface area contributed by atoms with Crippen molar-refractivity contribution in [2.75, 3.05) is 0 Å². The predicted octanol–water partition coefficient (Wildman–Crippen LogP) is 3.82. The van der Waals surface area contributed by atoms with Crippen molar-refractivity contribution >= 4 is 29.7 Å².